The second-order valence-corrected chi connectivity index (χ2v) is 10.3. The number of rotatable bonds is 6. The number of nitrogens with zero attached hydrogens (tertiary/aromatic N) is 3. The molecule has 38 heavy (non-hydrogen) atoms. The van der Waals surface area contributed by atoms with Gasteiger partial charge in [-0.2, -0.15) is 0 Å². The molecule has 4 aliphatic heterocycles. The normalized spacial score (nSPS) is 30.2. The number of β-amino-alcohol motifs (C(OH)–C–C–N with tert-alkyl or cyclic N) is 1. The number of ether oxygens (including phenoxy) is 1. The molecule has 0 aliphatic carbocycles. The van der Waals surface area contributed by atoms with E-state index in [9.17, 15) is 19.5 Å². The maximum Gasteiger partial charge on any atom is 0.249 e. The molecule has 2 aromatic carbocycles. The largest absolute Gasteiger partial charge is 0.395 e. The van der Waals surface area contributed by atoms with Crippen molar-refractivity contribution in [2.24, 2.45) is 11.8 Å². The Labute approximate surface area is 221 Å². The molecule has 2 aromatic rings. The van der Waals surface area contributed by atoms with E-state index in [2.05, 4.69) is 0 Å². The van der Waals surface area contributed by atoms with Crippen LogP contribution in [0.3, 0.4) is 0 Å². The fraction of sp³-hybridized carbons (Fsp3) is 0.367. The van der Waals surface area contributed by atoms with Crippen LogP contribution in [-0.2, 0) is 32.2 Å². The first-order chi connectivity index (χ1) is 18.5. The van der Waals surface area contributed by atoms with Crippen molar-refractivity contribution < 1.29 is 24.2 Å². The highest BCUT2D eigenvalue weighted by atomic mass is 16.5. The molecule has 5 atom stereocenters. The summed E-state index contributed by atoms with van der Waals surface area (Å²) in [6.45, 7) is 1.30. The van der Waals surface area contributed by atoms with Crippen molar-refractivity contribution in [3.63, 3.8) is 0 Å². The Morgan fingerprint density at radius 1 is 0.816 bits per heavy atom. The van der Waals surface area contributed by atoms with E-state index in [1.165, 1.54) is 4.90 Å². The molecule has 196 valence electrons. The first-order valence-corrected chi connectivity index (χ1v) is 13.1. The predicted octanol–water partition coefficient (Wildman–Crippen LogP) is 1.76. The lowest BCUT2D eigenvalue weighted by Gasteiger charge is -2.35. The Morgan fingerprint density at radius 3 is 2.05 bits per heavy atom. The lowest BCUT2D eigenvalue weighted by Crippen LogP contribution is -2.55. The number of amides is 3. The summed E-state index contributed by atoms with van der Waals surface area (Å²) in [4.78, 5) is 46.9. The zero-order valence-corrected chi connectivity index (χ0v) is 21.1. The van der Waals surface area contributed by atoms with Gasteiger partial charge in [-0.1, -0.05) is 85.0 Å². The minimum absolute atomic E-state index is 0.000979. The highest BCUT2D eigenvalue weighted by molar-refractivity contribution is 5.99. The zero-order chi connectivity index (χ0) is 26.3. The highest BCUT2D eigenvalue weighted by Crippen LogP contribution is 2.53. The van der Waals surface area contributed by atoms with E-state index in [0.717, 1.165) is 11.1 Å². The van der Waals surface area contributed by atoms with Gasteiger partial charge >= 0.3 is 0 Å². The van der Waals surface area contributed by atoms with Crippen molar-refractivity contribution >= 4 is 17.7 Å². The van der Waals surface area contributed by atoms with Crippen LogP contribution in [0.15, 0.2) is 85.0 Å². The Hall–Kier alpha value is -3.75. The van der Waals surface area contributed by atoms with Gasteiger partial charge in [0.2, 0.25) is 17.7 Å². The smallest absolute Gasteiger partial charge is 0.249 e. The molecular formula is C30H31N3O5. The predicted molar refractivity (Wildman–Crippen MR) is 139 cm³/mol. The Balaban J connectivity index is 1.36. The maximum atomic E-state index is 14.1. The van der Waals surface area contributed by atoms with E-state index in [1.54, 1.807) is 9.80 Å². The number of hydrogen-bond acceptors (Lipinski definition) is 5. The zero-order valence-electron chi connectivity index (χ0n) is 21.1. The number of aliphatic hydroxyl groups excluding tert-OH is 1. The molecule has 8 heteroatoms. The van der Waals surface area contributed by atoms with Gasteiger partial charge in [0.1, 0.15) is 11.6 Å². The lowest BCUT2D eigenvalue weighted by molar-refractivity contribution is -0.149. The molecule has 0 radical (unpaired) electrons. The quantitative estimate of drug-likeness (QED) is 0.595. The number of aliphatic hydroxyl groups is 1. The third-order valence-corrected chi connectivity index (χ3v) is 8.10. The molecule has 4 heterocycles. The molecule has 2 fully saturated rings. The van der Waals surface area contributed by atoms with Crippen molar-refractivity contribution in [3.05, 3.63) is 96.1 Å². The third-order valence-electron chi connectivity index (χ3n) is 8.10. The molecule has 0 saturated carbocycles. The summed E-state index contributed by atoms with van der Waals surface area (Å²) >= 11 is 0. The van der Waals surface area contributed by atoms with Crippen molar-refractivity contribution in [3.8, 4) is 0 Å². The van der Waals surface area contributed by atoms with E-state index in [-0.39, 0.29) is 30.9 Å². The summed E-state index contributed by atoms with van der Waals surface area (Å²) in [6.07, 6.45) is 6.88. The number of carbonyl (C=O) groups is 3. The molecule has 1 N–H and O–H groups in total. The summed E-state index contributed by atoms with van der Waals surface area (Å²) in [5, 5.41) is 9.82. The van der Waals surface area contributed by atoms with Gasteiger partial charge in [-0.3, -0.25) is 14.4 Å². The van der Waals surface area contributed by atoms with Crippen molar-refractivity contribution in [1.29, 1.82) is 0 Å². The summed E-state index contributed by atoms with van der Waals surface area (Å²) in [5.74, 6) is -2.32. The molecule has 8 nitrogen and oxygen atoms in total. The lowest BCUT2D eigenvalue weighted by atomic mass is 9.77. The summed E-state index contributed by atoms with van der Waals surface area (Å²) in [6, 6.07) is 18.5. The monoisotopic (exact) mass is 513 g/mol. The van der Waals surface area contributed by atoms with Crippen LogP contribution in [0.4, 0.5) is 0 Å². The van der Waals surface area contributed by atoms with Crippen LogP contribution in [0.1, 0.15) is 11.1 Å². The van der Waals surface area contributed by atoms with Gasteiger partial charge < -0.3 is 24.5 Å². The average Bonchev–Trinajstić information content (AvgIpc) is 3.25. The van der Waals surface area contributed by atoms with Gasteiger partial charge in [-0.05, 0) is 11.1 Å². The molecule has 4 aliphatic rings. The van der Waals surface area contributed by atoms with Crippen molar-refractivity contribution in [1.82, 2.24) is 14.7 Å². The first kappa shape index (κ1) is 24.6. The average molecular weight is 514 g/mol. The molecule has 0 aromatic heterocycles. The highest BCUT2D eigenvalue weighted by Gasteiger charge is 2.71. The van der Waals surface area contributed by atoms with E-state index >= 15 is 0 Å². The van der Waals surface area contributed by atoms with E-state index in [1.807, 2.05) is 85.0 Å². The second-order valence-electron chi connectivity index (χ2n) is 10.3. The molecule has 3 amide bonds. The van der Waals surface area contributed by atoms with Gasteiger partial charge in [0, 0.05) is 32.7 Å². The topological polar surface area (TPSA) is 90.4 Å². The summed E-state index contributed by atoms with van der Waals surface area (Å²) in [7, 11) is 0. The van der Waals surface area contributed by atoms with E-state index in [0.29, 0.717) is 26.2 Å². The SMILES string of the molecule is O=C1C2N(CCO)C(=O)[C@@H]3[C@H]4C(=O)N(Cc5ccccc5)CC=C[C@H]4O[C@]23C=CCN1Cc1ccccc1. The van der Waals surface area contributed by atoms with Gasteiger partial charge in [0.15, 0.2) is 0 Å². The summed E-state index contributed by atoms with van der Waals surface area (Å²) < 4.78 is 6.61. The van der Waals surface area contributed by atoms with Crippen LogP contribution in [0.5, 0.6) is 0 Å². The molecule has 2 saturated heterocycles. The minimum Gasteiger partial charge on any atom is -0.395 e. The fourth-order valence-corrected chi connectivity index (χ4v) is 6.48. The number of benzene rings is 2. The molecule has 6 rings (SSSR count). The third kappa shape index (κ3) is 3.95. The Bertz CT molecular complexity index is 1280. The van der Waals surface area contributed by atoms with E-state index in [4.69, 9.17) is 4.74 Å². The van der Waals surface area contributed by atoms with Crippen molar-refractivity contribution in [2.75, 3.05) is 26.2 Å². The number of hydrogen-bond donors (Lipinski definition) is 1. The second kappa shape index (κ2) is 9.85. The number of likely N-dealkylation sites (tertiary alicyclic amines) is 1. The molecular weight excluding hydrogens is 482 g/mol. The van der Waals surface area contributed by atoms with E-state index < -0.39 is 29.6 Å². The first-order valence-electron chi connectivity index (χ1n) is 13.1. The maximum absolute atomic E-state index is 14.1. The number of carbonyl (C=O) groups excluding carboxylic acids is 3. The summed E-state index contributed by atoms with van der Waals surface area (Å²) in [5.41, 5.74) is 0.701. The Kier molecular flexibility index (Phi) is 6.37. The van der Waals surface area contributed by atoms with Gasteiger partial charge in [-0.25, -0.2) is 0 Å². The van der Waals surface area contributed by atoms with Gasteiger partial charge in [0.05, 0.1) is 24.5 Å². The van der Waals surface area contributed by atoms with Crippen LogP contribution >= 0.6 is 0 Å². The minimum atomic E-state index is -1.28. The van der Waals surface area contributed by atoms with Crippen LogP contribution < -0.4 is 0 Å². The standard InChI is InChI=1S/C30H31N3O5/c34-18-17-33-26-29(37)32(20-22-11-5-2-6-12-22)16-8-14-30(26)25(28(33)36)24-23(38-30)13-7-15-31(27(24)35)19-21-9-3-1-4-10-21/h1-14,23-26,34H,15-20H2/t23-,24+,25+,26?,30+/m1/s1. The van der Waals surface area contributed by atoms with Crippen LogP contribution in [0.2, 0.25) is 0 Å². The Morgan fingerprint density at radius 2 is 1.42 bits per heavy atom. The molecule has 1 spiro atoms. The molecule has 0 bridgehead atoms. The van der Waals surface area contributed by atoms with Crippen LogP contribution in [-0.4, -0.2) is 81.5 Å². The van der Waals surface area contributed by atoms with Crippen molar-refractivity contribution in [2.45, 2.75) is 30.8 Å². The van der Waals surface area contributed by atoms with Crippen LogP contribution in [0.25, 0.3) is 0 Å². The van der Waals surface area contributed by atoms with Gasteiger partial charge in [0.25, 0.3) is 0 Å². The van der Waals surface area contributed by atoms with Gasteiger partial charge in [-0.15, -0.1) is 0 Å². The number of fused-ring (bicyclic) bond motifs is 2. The van der Waals surface area contributed by atoms with Crippen LogP contribution in [0, 0.1) is 11.8 Å². The fourth-order valence-electron chi connectivity index (χ4n) is 6.48. The molecule has 1 unspecified atom stereocenters.